The molecule has 0 saturated carbocycles. The number of fused-ring (bicyclic) bond motifs is 1. The van der Waals surface area contributed by atoms with Gasteiger partial charge in [-0.05, 0) is 49.7 Å². The van der Waals surface area contributed by atoms with Gasteiger partial charge in [-0.1, -0.05) is 32.0 Å². The molecule has 0 aliphatic rings. The fourth-order valence-electron chi connectivity index (χ4n) is 3.60. The first-order valence-electron chi connectivity index (χ1n) is 10.7. The maximum atomic E-state index is 13.2. The van der Waals surface area contributed by atoms with Crippen LogP contribution in [0.5, 0.6) is 0 Å². The Morgan fingerprint density at radius 3 is 2.39 bits per heavy atom. The summed E-state index contributed by atoms with van der Waals surface area (Å²) in [6, 6.07) is 11.2. The summed E-state index contributed by atoms with van der Waals surface area (Å²) in [6.45, 7) is 6.85. The van der Waals surface area contributed by atoms with Crippen molar-refractivity contribution in [2.75, 3.05) is 27.2 Å². The standard InChI is InChI=1S/C24H31N5O2/c1-18(2)16-29-23(30)21-9-6-5-8-20(21)22(26-29)24(31)28(4)15-7-14-27(3)17-19-10-12-25-13-11-19/h5-6,8-13,18H,7,14-17H2,1-4H3. The van der Waals surface area contributed by atoms with E-state index >= 15 is 0 Å². The molecule has 0 spiro atoms. The van der Waals surface area contributed by atoms with Gasteiger partial charge in [-0.25, -0.2) is 4.68 Å². The molecule has 0 aliphatic carbocycles. The van der Waals surface area contributed by atoms with Crippen molar-refractivity contribution >= 4 is 16.7 Å². The van der Waals surface area contributed by atoms with Gasteiger partial charge in [-0.3, -0.25) is 14.6 Å². The first-order valence-corrected chi connectivity index (χ1v) is 10.7. The zero-order valence-corrected chi connectivity index (χ0v) is 18.8. The number of pyridine rings is 1. The van der Waals surface area contributed by atoms with E-state index in [4.69, 9.17) is 0 Å². The van der Waals surface area contributed by atoms with Crippen molar-refractivity contribution in [3.63, 3.8) is 0 Å². The molecular weight excluding hydrogens is 390 g/mol. The van der Waals surface area contributed by atoms with Gasteiger partial charge >= 0.3 is 0 Å². The Bertz CT molecular complexity index is 1080. The molecule has 3 rings (SSSR count). The lowest BCUT2D eigenvalue weighted by atomic mass is 10.1. The SMILES string of the molecule is CC(C)Cn1nc(C(=O)N(C)CCCN(C)Cc2ccncc2)c2ccccc2c1=O. The number of nitrogens with zero attached hydrogens (tertiary/aromatic N) is 5. The van der Waals surface area contributed by atoms with Gasteiger partial charge in [-0.15, -0.1) is 0 Å². The zero-order chi connectivity index (χ0) is 22.4. The topological polar surface area (TPSA) is 71.3 Å². The molecule has 0 aliphatic heterocycles. The molecule has 0 radical (unpaired) electrons. The van der Waals surface area contributed by atoms with Crippen molar-refractivity contribution in [2.24, 2.45) is 5.92 Å². The van der Waals surface area contributed by atoms with Gasteiger partial charge in [0.25, 0.3) is 11.5 Å². The maximum Gasteiger partial charge on any atom is 0.274 e. The molecule has 0 N–H and O–H groups in total. The summed E-state index contributed by atoms with van der Waals surface area (Å²) in [7, 11) is 3.86. The quantitative estimate of drug-likeness (QED) is 0.531. The van der Waals surface area contributed by atoms with Crippen LogP contribution in [0.2, 0.25) is 0 Å². The molecule has 0 fully saturated rings. The van der Waals surface area contributed by atoms with Gasteiger partial charge in [-0.2, -0.15) is 5.10 Å². The van der Waals surface area contributed by atoms with Crippen LogP contribution in [0.15, 0.2) is 53.6 Å². The van der Waals surface area contributed by atoms with E-state index in [9.17, 15) is 9.59 Å². The molecule has 0 saturated heterocycles. The number of hydrogen-bond donors (Lipinski definition) is 0. The van der Waals surface area contributed by atoms with Crippen LogP contribution in [0.4, 0.5) is 0 Å². The summed E-state index contributed by atoms with van der Waals surface area (Å²) in [5.41, 5.74) is 1.40. The predicted octanol–water partition coefficient (Wildman–Crippen LogP) is 3.04. The number of amides is 1. The molecule has 0 atom stereocenters. The third-order valence-corrected chi connectivity index (χ3v) is 5.19. The fourth-order valence-corrected chi connectivity index (χ4v) is 3.60. The van der Waals surface area contributed by atoms with E-state index in [1.165, 1.54) is 10.2 Å². The van der Waals surface area contributed by atoms with Gasteiger partial charge in [0.2, 0.25) is 0 Å². The molecule has 0 bridgehead atoms. The van der Waals surface area contributed by atoms with Crippen LogP contribution in [0, 0.1) is 5.92 Å². The van der Waals surface area contributed by atoms with E-state index in [-0.39, 0.29) is 17.4 Å². The van der Waals surface area contributed by atoms with Gasteiger partial charge in [0, 0.05) is 44.5 Å². The molecule has 1 amide bonds. The van der Waals surface area contributed by atoms with Crippen molar-refractivity contribution in [1.82, 2.24) is 24.6 Å². The summed E-state index contributed by atoms with van der Waals surface area (Å²) >= 11 is 0. The van der Waals surface area contributed by atoms with Crippen LogP contribution in [0.3, 0.4) is 0 Å². The molecule has 3 aromatic rings. The number of rotatable bonds is 9. The van der Waals surface area contributed by atoms with Crippen molar-refractivity contribution in [3.8, 4) is 0 Å². The normalized spacial score (nSPS) is 11.4. The zero-order valence-electron chi connectivity index (χ0n) is 18.8. The van der Waals surface area contributed by atoms with Gasteiger partial charge in [0.1, 0.15) is 0 Å². The molecule has 2 aromatic heterocycles. The average Bonchev–Trinajstić information content (AvgIpc) is 2.75. The Hall–Kier alpha value is -3.06. The highest BCUT2D eigenvalue weighted by atomic mass is 16.2. The van der Waals surface area contributed by atoms with Gasteiger partial charge in [0.15, 0.2) is 5.69 Å². The largest absolute Gasteiger partial charge is 0.340 e. The minimum Gasteiger partial charge on any atom is -0.340 e. The molecule has 7 heteroatoms. The fraction of sp³-hybridized carbons (Fsp3) is 0.417. The van der Waals surface area contributed by atoms with Crippen LogP contribution in [0.1, 0.15) is 36.3 Å². The first-order chi connectivity index (χ1) is 14.9. The Morgan fingerprint density at radius 2 is 1.71 bits per heavy atom. The van der Waals surface area contributed by atoms with Crippen LogP contribution < -0.4 is 5.56 Å². The van der Waals surface area contributed by atoms with Crippen LogP contribution >= 0.6 is 0 Å². The molecular formula is C24H31N5O2. The van der Waals surface area contributed by atoms with Crippen molar-refractivity contribution < 1.29 is 4.79 Å². The minimum absolute atomic E-state index is 0.152. The van der Waals surface area contributed by atoms with E-state index in [2.05, 4.69) is 22.0 Å². The minimum atomic E-state index is -0.162. The van der Waals surface area contributed by atoms with E-state index in [0.717, 1.165) is 19.5 Å². The number of benzene rings is 1. The first kappa shape index (κ1) is 22.6. The van der Waals surface area contributed by atoms with Crippen LogP contribution in [-0.2, 0) is 13.1 Å². The monoisotopic (exact) mass is 421 g/mol. The smallest absolute Gasteiger partial charge is 0.274 e. The lowest BCUT2D eigenvalue weighted by molar-refractivity contribution is 0.0782. The van der Waals surface area contributed by atoms with E-state index in [1.807, 2.05) is 38.1 Å². The van der Waals surface area contributed by atoms with Crippen molar-refractivity contribution in [2.45, 2.75) is 33.4 Å². The highest BCUT2D eigenvalue weighted by molar-refractivity contribution is 6.04. The Labute approximate surface area is 183 Å². The van der Waals surface area contributed by atoms with E-state index < -0.39 is 0 Å². The highest BCUT2D eigenvalue weighted by Gasteiger charge is 2.20. The van der Waals surface area contributed by atoms with E-state index in [1.54, 1.807) is 36.5 Å². The highest BCUT2D eigenvalue weighted by Crippen LogP contribution is 2.15. The summed E-state index contributed by atoms with van der Waals surface area (Å²) in [5, 5.41) is 5.60. The Balaban J connectivity index is 1.70. The second-order valence-electron chi connectivity index (χ2n) is 8.45. The summed E-state index contributed by atoms with van der Waals surface area (Å²) < 4.78 is 1.43. The lowest BCUT2D eigenvalue weighted by Gasteiger charge is -2.21. The second kappa shape index (κ2) is 10.3. The Kier molecular flexibility index (Phi) is 7.52. The second-order valence-corrected chi connectivity index (χ2v) is 8.45. The Morgan fingerprint density at radius 1 is 1.03 bits per heavy atom. The number of hydrogen-bond acceptors (Lipinski definition) is 5. The number of carbonyl (C=O) groups excluding carboxylic acids is 1. The van der Waals surface area contributed by atoms with Crippen molar-refractivity contribution in [3.05, 3.63) is 70.4 Å². The third-order valence-electron chi connectivity index (χ3n) is 5.19. The third kappa shape index (κ3) is 5.76. The van der Waals surface area contributed by atoms with Gasteiger partial charge in [0.05, 0.1) is 5.39 Å². The molecule has 2 heterocycles. The molecule has 7 nitrogen and oxygen atoms in total. The molecule has 31 heavy (non-hydrogen) atoms. The van der Waals surface area contributed by atoms with Crippen molar-refractivity contribution in [1.29, 1.82) is 0 Å². The van der Waals surface area contributed by atoms with Crippen LogP contribution in [0.25, 0.3) is 10.8 Å². The van der Waals surface area contributed by atoms with E-state index in [0.29, 0.717) is 29.6 Å². The maximum absolute atomic E-state index is 13.2. The summed E-state index contributed by atoms with van der Waals surface area (Å²) in [4.78, 5) is 33.9. The number of aromatic nitrogens is 3. The molecule has 0 unspecified atom stereocenters. The number of carbonyl (C=O) groups is 1. The van der Waals surface area contributed by atoms with Crippen LogP contribution in [-0.4, -0.2) is 57.7 Å². The molecule has 164 valence electrons. The van der Waals surface area contributed by atoms with Gasteiger partial charge < -0.3 is 9.80 Å². The average molecular weight is 422 g/mol. The lowest BCUT2D eigenvalue weighted by Crippen LogP contribution is -2.34. The summed E-state index contributed by atoms with van der Waals surface area (Å²) in [5.74, 6) is 0.0912. The summed E-state index contributed by atoms with van der Waals surface area (Å²) in [6.07, 6.45) is 4.44. The molecule has 1 aromatic carbocycles. The predicted molar refractivity (Wildman–Crippen MR) is 123 cm³/mol.